The molecule has 12 heavy (non-hydrogen) atoms. The van der Waals surface area contributed by atoms with E-state index in [1.807, 2.05) is 6.92 Å². The Morgan fingerprint density at radius 1 is 1.42 bits per heavy atom. The van der Waals surface area contributed by atoms with Gasteiger partial charge in [0.15, 0.2) is 5.49 Å². The number of nitrogens with zero attached hydrogens (tertiary/aromatic N) is 4. The summed E-state index contributed by atoms with van der Waals surface area (Å²) in [6.45, 7) is 1.94. The van der Waals surface area contributed by atoms with Crippen LogP contribution in [-0.2, 0) is 6.42 Å². The number of urea groups is 1. The van der Waals surface area contributed by atoms with Gasteiger partial charge in [-0.1, -0.05) is 6.92 Å². The summed E-state index contributed by atoms with van der Waals surface area (Å²) in [6, 6.07) is -0.493. The average Bonchev–Trinajstić information content (AvgIpc) is 2.43. The topological polar surface area (TPSA) is 67.6 Å². The second kappa shape index (κ2) is 2.44. The van der Waals surface area contributed by atoms with Gasteiger partial charge < -0.3 is 0 Å². The predicted molar refractivity (Wildman–Crippen MR) is 39.1 cm³/mol. The van der Waals surface area contributed by atoms with Crippen LogP contribution in [-0.4, -0.2) is 16.0 Å². The van der Waals surface area contributed by atoms with Gasteiger partial charge in [-0.05, 0) is 0 Å². The van der Waals surface area contributed by atoms with E-state index in [0.717, 1.165) is 6.42 Å². The van der Waals surface area contributed by atoms with Crippen LogP contribution in [0.5, 0.6) is 0 Å². The van der Waals surface area contributed by atoms with Gasteiger partial charge in [-0.2, -0.15) is 9.98 Å². The molecule has 2 rings (SSSR count). The van der Waals surface area contributed by atoms with Crippen molar-refractivity contribution in [3.63, 3.8) is 0 Å². The maximum Gasteiger partial charge on any atom is 0.369 e. The minimum Gasteiger partial charge on any atom is -0.244 e. The highest BCUT2D eigenvalue weighted by molar-refractivity contribution is 5.77. The van der Waals surface area contributed by atoms with Gasteiger partial charge in [0, 0.05) is 6.42 Å². The monoisotopic (exact) mass is 162 g/mol. The Bertz CT molecular complexity index is 451. The molecule has 0 aromatic carbocycles. The van der Waals surface area contributed by atoms with Gasteiger partial charge in [0.1, 0.15) is 11.2 Å². The summed E-state index contributed by atoms with van der Waals surface area (Å²) in [5.41, 5.74) is 0.395. The first-order valence-corrected chi connectivity index (χ1v) is 3.63. The Hall–Kier alpha value is -1.65. The van der Waals surface area contributed by atoms with Crippen molar-refractivity contribution in [2.45, 2.75) is 13.3 Å². The van der Waals surface area contributed by atoms with E-state index in [9.17, 15) is 4.79 Å². The molecule has 5 nitrogen and oxygen atoms in total. The lowest BCUT2D eigenvalue weighted by atomic mass is 10.4. The van der Waals surface area contributed by atoms with Crippen molar-refractivity contribution in [3.05, 3.63) is 22.9 Å². The SMILES string of the molecule is CCc1ncc2c(n1)=NC(=O)N=2. The zero-order chi connectivity index (χ0) is 8.55. The third-order valence-electron chi connectivity index (χ3n) is 1.53. The maximum atomic E-state index is 10.7. The summed E-state index contributed by atoms with van der Waals surface area (Å²) in [6.07, 6.45) is 2.26. The Balaban J connectivity index is 2.72. The molecule has 2 amide bonds. The number of aromatic nitrogens is 2. The van der Waals surface area contributed by atoms with Crippen LogP contribution in [0.25, 0.3) is 0 Å². The second-order valence-electron chi connectivity index (χ2n) is 2.35. The molecule has 0 fully saturated rings. The summed E-state index contributed by atoms with van der Waals surface area (Å²) < 4.78 is 0. The van der Waals surface area contributed by atoms with Gasteiger partial charge in [0.05, 0.1) is 6.20 Å². The molecule has 1 aliphatic rings. The molecule has 0 bridgehead atoms. The lowest BCUT2D eigenvalue weighted by molar-refractivity contribution is 0.256. The van der Waals surface area contributed by atoms with Crippen molar-refractivity contribution in [1.29, 1.82) is 0 Å². The van der Waals surface area contributed by atoms with Crippen LogP contribution < -0.4 is 10.8 Å². The van der Waals surface area contributed by atoms with E-state index in [-0.39, 0.29) is 0 Å². The zero-order valence-electron chi connectivity index (χ0n) is 6.48. The molecule has 2 heterocycles. The molecule has 0 unspecified atom stereocenters. The van der Waals surface area contributed by atoms with Crippen molar-refractivity contribution in [3.8, 4) is 0 Å². The standard InChI is InChI=1S/C7H6N4O/c1-2-5-8-3-4-6(10-5)11-7(12)9-4/h3H,2H2,1H3. The molecule has 60 valence electrons. The van der Waals surface area contributed by atoms with Crippen molar-refractivity contribution in [2.75, 3.05) is 0 Å². The van der Waals surface area contributed by atoms with Crippen LogP contribution in [0, 0.1) is 0 Å². The van der Waals surface area contributed by atoms with Gasteiger partial charge in [0.25, 0.3) is 0 Å². The molecule has 5 heteroatoms. The summed E-state index contributed by atoms with van der Waals surface area (Å²) in [5.74, 6) is 0.683. The molecule has 0 aliphatic carbocycles. The number of carbonyl (C=O) groups excluding carboxylic acids is 1. The van der Waals surface area contributed by atoms with Crippen molar-refractivity contribution < 1.29 is 4.79 Å². The van der Waals surface area contributed by atoms with Crippen LogP contribution in [0.2, 0.25) is 0 Å². The molecule has 0 spiro atoms. The largest absolute Gasteiger partial charge is 0.369 e. The number of hydrogen-bond donors (Lipinski definition) is 0. The van der Waals surface area contributed by atoms with Crippen molar-refractivity contribution in [1.82, 2.24) is 9.97 Å². The lowest BCUT2D eigenvalue weighted by Crippen LogP contribution is -2.27. The van der Waals surface area contributed by atoms with Crippen molar-refractivity contribution in [2.24, 2.45) is 9.98 Å². The van der Waals surface area contributed by atoms with Crippen LogP contribution in [0.15, 0.2) is 16.2 Å². The first-order chi connectivity index (χ1) is 5.79. The fraction of sp³-hybridized carbons (Fsp3) is 0.286. The fourth-order valence-electron chi connectivity index (χ4n) is 0.952. The van der Waals surface area contributed by atoms with Gasteiger partial charge in [0.2, 0.25) is 0 Å². The number of amides is 2. The van der Waals surface area contributed by atoms with Crippen LogP contribution in [0.1, 0.15) is 12.7 Å². The van der Waals surface area contributed by atoms with Crippen LogP contribution in [0.3, 0.4) is 0 Å². The van der Waals surface area contributed by atoms with Gasteiger partial charge in [-0.25, -0.2) is 14.8 Å². The summed E-state index contributed by atoms with van der Waals surface area (Å²) >= 11 is 0. The van der Waals surface area contributed by atoms with Crippen LogP contribution >= 0.6 is 0 Å². The van der Waals surface area contributed by atoms with E-state index >= 15 is 0 Å². The smallest absolute Gasteiger partial charge is 0.244 e. The molecular weight excluding hydrogens is 156 g/mol. The van der Waals surface area contributed by atoms with Crippen molar-refractivity contribution >= 4 is 6.03 Å². The highest BCUT2D eigenvalue weighted by Gasteiger charge is 2.06. The molecule has 0 radical (unpaired) electrons. The molecule has 0 atom stereocenters. The molecule has 0 N–H and O–H groups in total. The number of aryl methyl sites for hydroxylation is 1. The molecule has 0 saturated carbocycles. The zero-order valence-corrected chi connectivity index (χ0v) is 6.48. The van der Waals surface area contributed by atoms with E-state index < -0.39 is 6.03 Å². The Morgan fingerprint density at radius 2 is 2.25 bits per heavy atom. The number of hydrogen-bond acceptors (Lipinski definition) is 3. The number of rotatable bonds is 1. The molecule has 1 aromatic heterocycles. The van der Waals surface area contributed by atoms with E-state index in [1.54, 1.807) is 0 Å². The predicted octanol–water partition coefficient (Wildman–Crippen LogP) is -0.588. The van der Waals surface area contributed by atoms with E-state index in [0.29, 0.717) is 16.7 Å². The number of carbonyl (C=O) groups is 1. The highest BCUT2D eigenvalue weighted by atomic mass is 16.2. The third-order valence-corrected chi connectivity index (χ3v) is 1.53. The Morgan fingerprint density at radius 3 is 3.00 bits per heavy atom. The summed E-state index contributed by atoms with van der Waals surface area (Å²) in [7, 11) is 0. The Labute approximate surface area is 67.9 Å². The minimum absolute atomic E-state index is 0.395. The molecular formula is C7H6N4O. The molecule has 0 saturated heterocycles. The lowest BCUT2D eigenvalue weighted by Gasteiger charge is -1.89. The molecule has 1 aromatic rings. The minimum atomic E-state index is -0.493. The van der Waals surface area contributed by atoms with Crippen LogP contribution in [0.4, 0.5) is 4.79 Å². The van der Waals surface area contributed by atoms with Gasteiger partial charge >= 0.3 is 6.03 Å². The maximum absolute atomic E-state index is 10.7. The Kier molecular flexibility index (Phi) is 1.43. The summed E-state index contributed by atoms with van der Waals surface area (Å²) in [4.78, 5) is 25.9. The first-order valence-electron chi connectivity index (χ1n) is 3.63. The van der Waals surface area contributed by atoms with Gasteiger partial charge in [-0.3, -0.25) is 0 Å². The molecule has 1 aliphatic heterocycles. The third kappa shape index (κ3) is 0.990. The van der Waals surface area contributed by atoms with E-state index in [2.05, 4.69) is 20.0 Å². The summed E-state index contributed by atoms with van der Waals surface area (Å²) in [5, 5.41) is 0.470. The number of fused-ring (bicyclic) bond motifs is 1. The van der Waals surface area contributed by atoms with Gasteiger partial charge in [-0.15, -0.1) is 0 Å². The second-order valence-corrected chi connectivity index (χ2v) is 2.35. The quantitative estimate of drug-likeness (QED) is 0.554. The average molecular weight is 162 g/mol. The van der Waals surface area contributed by atoms with E-state index in [4.69, 9.17) is 0 Å². The first kappa shape index (κ1) is 7.02. The normalized spacial score (nSPS) is 13.6. The highest BCUT2D eigenvalue weighted by Crippen LogP contribution is 1.85. The fourth-order valence-corrected chi connectivity index (χ4v) is 0.952. The van der Waals surface area contributed by atoms with E-state index in [1.165, 1.54) is 6.20 Å².